The number of rotatable bonds is 7. The Bertz CT molecular complexity index is 616. The van der Waals surface area contributed by atoms with E-state index in [0.29, 0.717) is 0 Å². The molecule has 0 radical (unpaired) electrons. The molecule has 0 aliphatic heterocycles. The molecule has 0 saturated carbocycles. The number of ether oxygens (including phenoxy) is 1. The van der Waals surface area contributed by atoms with Crippen molar-refractivity contribution >= 4 is 15.7 Å². The summed E-state index contributed by atoms with van der Waals surface area (Å²) in [6.45, 7) is 1.37. The molecule has 1 aromatic carbocycles. The van der Waals surface area contributed by atoms with Gasteiger partial charge in [-0.3, -0.25) is 10.1 Å². The van der Waals surface area contributed by atoms with Gasteiger partial charge in [-0.25, -0.2) is 8.42 Å². The van der Waals surface area contributed by atoms with E-state index in [2.05, 4.69) is 0 Å². The zero-order valence-corrected chi connectivity index (χ0v) is 12.8. The van der Waals surface area contributed by atoms with Crippen LogP contribution in [0.1, 0.15) is 5.56 Å². The molecular weight excluding hydrogens is 300 g/mol. The molecule has 0 fully saturated rings. The SMILES string of the molecule is COCC(O)CN(C)S(=O)(=O)c1ccc([N+](=O)[O-])cc1C. The molecule has 1 aromatic rings. The Hall–Kier alpha value is -1.55. The summed E-state index contributed by atoms with van der Waals surface area (Å²) in [5.41, 5.74) is 0.103. The van der Waals surface area contributed by atoms with E-state index in [1.807, 2.05) is 0 Å². The molecule has 0 aromatic heterocycles. The van der Waals surface area contributed by atoms with Gasteiger partial charge in [0, 0.05) is 32.8 Å². The van der Waals surface area contributed by atoms with E-state index < -0.39 is 21.1 Å². The van der Waals surface area contributed by atoms with Crippen LogP contribution in [-0.2, 0) is 14.8 Å². The van der Waals surface area contributed by atoms with E-state index in [4.69, 9.17) is 4.74 Å². The first-order valence-corrected chi connectivity index (χ1v) is 7.52. The molecule has 1 N–H and O–H groups in total. The van der Waals surface area contributed by atoms with Crippen LogP contribution >= 0.6 is 0 Å². The van der Waals surface area contributed by atoms with Crippen LogP contribution in [0.2, 0.25) is 0 Å². The van der Waals surface area contributed by atoms with E-state index in [9.17, 15) is 23.6 Å². The predicted molar refractivity (Wildman–Crippen MR) is 75.5 cm³/mol. The van der Waals surface area contributed by atoms with Crippen LogP contribution in [0.5, 0.6) is 0 Å². The fraction of sp³-hybridized carbons (Fsp3) is 0.500. The summed E-state index contributed by atoms with van der Waals surface area (Å²) >= 11 is 0. The monoisotopic (exact) mass is 318 g/mol. The fourth-order valence-corrected chi connectivity index (χ4v) is 3.25. The molecule has 0 spiro atoms. The number of aliphatic hydroxyl groups is 1. The van der Waals surface area contributed by atoms with Crippen molar-refractivity contribution in [3.05, 3.63) is 33.9 Å². The van der Waals surface area contributed by atoms with Crippen molar-refractivity contribution < 1.29 is 23.2 Å². The summed E-state index contributed by atoms with van der Waals surface area (Å²) in [7, 11) is -1.10. The Morgan fingerprint density at radius 1 is 1.48 bits per heavy atom. The minimum absolute atomic E-state index is 0.0130. The van der Waals surface area contributed by atoms with Crippen LogP contribution in [0.25, 0.3) is 0 Å². The zero-order valence-electron chi connectivity index (χ0n) is 12.0. The summed E-state index contributed by atoms with van der Waals surface area (Å²) in [6.07, 6.45) is -0.951. The lowest BCUT2D eigenvalue weighted by Gasteiger charge is -2.21. The van der Waals surface area contributed by atoms with Crippen LogP contribution in [0.3, 0.4) is 0 Å². The normalized spacial score (nSPS) is 13.4. The van der Waals surface area contributed by atoms with Crippen molar-refractivity contribution in [2.24, 2.45) is 0 Å². The predicted octanol–water partition coefficient (Wildman–Crippen LogP) is 0.531. The summed E-state index contributed by atoms with van der Waals surface area (Å²) in [5.74, 6) is 0. The van der Waals surface area contributed by atoms with E-state index >= 15 is 0 Å². The van der Waals surface area contributed by atoms with Gasteiger partial charge in [0.1, 0.15) is 0 Å². The van der Waals surface area contributed by atoms with E-state index in [-0.39, 0.29) is 29.3 Å². The highest BCUT2D eigenvalue weighted by Crippen LogP contribution is 2.23. The number of hydrogen-bond donors (Lipinski definition) is 1. The van der Waals surface area contributed by atoms with E-state index in [1.54, 1.807) is 0 Å². The van der Waals surface area contributed by atoms with Crippen LogP contribution in [0.15, 0.2) is 23.1 Å². The topological polar surface area (TPSA) is 110 Å². The fourth-order valence-electron chi connectivity index (χ4n) is 1.84. The zero-order chi connectivity index (χ0) is 16.2. The van der Waals surface area contributed by atoms with Crippen LogP contribution in [0, 0.1) is 17.0 Å². The molecule has 0 aliphatic rings. The van der Waals surface area contributed by atoms with E-state index in [0.717, 1.165) is 10.4 Å². The lowest BCUT2D eigenvalue weighted by molar-refractivity contribution is -0.385. The Morgan fingerprint density at radius 2 is 2.10 bits per heavy atom. The van der Waals surface area contributed by atoms with Crippen LogP contribution in [0.4, 0.5) is 5.69 Å². The molecular formula is C12H18N2O6S. The first-order valence-electron chi connectivity index (χ1n) is 6.08. The number of aryl methyl sites for hydroxylation is 1. The molecule has 0 saturated heterocycles. The summed E-state index contributed by atoms with van der Waals surface area (Å²) in [4.78, 5) is 10.0. The molecule has 9 heteroatoms. The Labute approximate surface area is 123 Å². The number of nitro groups is 1. The number of benzene rings is 1. The Balaban J connectivity index is 3.05. The third-order valence-electron chi connectivity index (χ3n) is 2.88. The molecule has 118 valence electrons. The maximum atomic E-state index is 12.4. The molecule has 0 aliphatic carbocycles. The average molecular weight is 318 g/mol. The van der Waals surface area contributed by atoms with Crippen molar-refractivity contribution in [1.29, 1.82) is 0 Å². The van der Waals surface area contributed by atoms with Gasteiger partial charge in [0.05, 0.1) is 22.5 Å². The van der Waals surface area contributed by atoms with Gasteiger partial charge in [-0.1, -0.05) is 0 Å². The van der Waals surface area contributed by atoms with Gasteiger partial charge in [-0.2, -0.15) is 4.31 Å². The third kappa shape index (κ3) is 4.21. The first kappa shape index (κ1) is 17.5. The Morgan fingerprint density at radius 3 is 2.57 bits per heavy atom. The molecule has 8 nitrogen and oxygen atoms in total. The molecule has 0 bridgehead atoms. The first-order chi connectivity index (χ1) is 9.70. The van der Waals surface area contributed by atoms with Gasteiger partial charge in [-0.15, -0.1) is 0 Å². The number of hydrogen-bond acceptors (Lipinski definition) is 6. The maximum absolute atomic E-state index is 12.4. The molecule has 21 heavy (non-hydrogen) atoms. The van der Waals surface area contributed by atoms with Crippen LogP contribution < -0.4 is 0 Å². The highest BCUT2D eigenvalue weighted by molar-refractivity contribution is 7.89. The minimum Gasteiger partial charge on any atom is -0.389 e. The van der Waals surface area contributed by atoms with Crippen molar-refractivity contribution in [3.63, 3.8) is 0 Å². The summed E-state index contributed by atoms with van der Waals surface area (Å²) < 4.78 is 30.5. The molecule has 1 rings (SSSR count). The highest BCUT2D eigenvalue weighted by Gasteiger charge is 2.25. The number of nitro benzene ring substituents is 1. The number of likely N-dealkylation sites (N-methyl/N-ethyl adjacent to an activating group) is 1. The van der Waals surface area contributed by atoms with Crippen molar-refractivity contribution in [3.8, 4) is 0 Å². The van der Waals surface area contributed by atoms with Gasteiger partial charge >= 0.3 is 0 Å². The maximum Gasteiger partial charge on any atom is 0.269 e. The number of methoxy groups -OCH3 is 1. The van der Waals surface area contributed by atoms with Gasteiger partial charge < -0.3 is 9.84 Å². The standard InChI is InChI=1S/C12H18N2O6S/c1-9-6-10(14(16)17)4-5-12(9)21(18,19)13(2)7-11(15)8-20-3/h4-6,11,15H,7-8H2,1-3H3. The average Bonchev–Trinajstić information content (AvgIpc) is 2.38. The lowest BCUT2D eigenvalue weighted by atomic mass is 10.2. The third-order valence-corrected chi connectivity index (χ3v) is 4.87. The number of sulfonamides is 1. The molecule has 1 atom stereocenters. The number of non-ortho nitro benzene ring substituents is 1. The molecule has 1 unspecified atom stereocenters. The quantitative estimate of drug-likeness (QED) is 0.580. The number of nitrogens with zero attached hydrogens (tertiary/aromatic N) is 2. The van der Waals surface area contributed by atoms with Crippen molar-refractivity contribution in [2.45, 2.75) is 17.9 Å². The minimum atomic E-state index is -3.83. The molecule has 0 amide bonds. The molecule has 0 heterocycles. The second-order valence-electron chi connectivity index (χ2n) is 4.60. The summed E-state index contributed by atoms with van der Waals surface area (Å²) in [6, 6.07) is 3.54. The van der Waals surface area contributed by atoms with Crippen molar-refractivity contribution in [2.75, 3.05) is 27.3 Å². The summed E-state index contributed by atoms with van der Waals surface area (Å²) in [5, 5.41) is 20.3. The lowest BCUT2D eigenvalue weighted by Crippen LogP contribution is -2.36. The second-order valence-corrected chi connectivity index (χ2v) is 6.61. The highest BCUT2D eigenvalue weighted by atomic mass is 32.2. The van der Waals surface area contributed by atoms with Crippen LogP contribution in [-0.4, -0.2) is 56.2 Å². The van der Waals surface area contributed by atoms with Gasteiger partial charge in [0.2, 0.25) is 10.0 Å². The van der Waals surface area contributed by atoms with Crippen molar-refractivity contribution in [1.82, 2.24) is 4.31 Å². The van der Waals surface area contributed by atoms with Gasteiger partial charge in [-0.05, 0) is 18.6 Å². The largest absolute Gasteiger partial charge is 0.389 e. The number of aliphatic hydroxyl groups excluding tert-OH is 1. The second kappa shape index (κ2) is 6.94. The van der Waals surface area contributed by atoms with Gasteiger partial charge in [0.25, 0.3) is 5.69 Å². The Kier molecular flexibility index (Phi) is 5.78. The van der Waals surface area contributed by atoms with Gasteiger partial charge in [0.15, 0.2) is 0 Å². The smallest absolute Gasteiger partial charge is 0.269 e. The van der Waals surface area contributed by atoms with E-state index in [1.165, 1.54) is 33.2 Å².